The number of nitrogens with one attached hydrogen (secondary N) is 1. The summed E-state index contributed by atoms with van der Waals surface area (Å²) in [6.07, 6.45) is 0.884. The predicted octanol–water partition coefficient (Wildman–Crippen LogP) is 4.29. The zero-order valence-corrected chi connectivity index (χ0v) is 15.0. The molecule has 3 nitrogen and oxygen atoms in total. The number of nitrogens with zero attached hydrogens (tertiary/aromatic N) is 1. The second kappa shape index (κ2) is 8.23. The van der Waals surface area contributed by atoms with E-state index in [9.17, 15) is 9.18 Å². The van der Waals surface area contributed by atoms with Crippen molar-refractivity contribution in [1.82, 2.24) is 10.2 Å². The third-order valence-electron chi connectivity index (χ3n) is 4.00. The number of carbonyl (C=O) groups is 1. The first-order valence-corrected chi connectivity index (χ1v) is 9.13. The van der Waals surface area contributed by atoms with Gasteiger partial charge in [0.2, 0.25) is 0 Å². The normalized spacial score (nSPS) is 11.2. The zero-order chi connectivity index (χ0) is 17.6. The van der Waals surface area contributed by atoms with E-state index in [1.54, 1.807) is 12.1 Å². The zero-order valence-electron chi connectivity index (χ0n) is 14.2. The van der Waals surface area contributed by atoms with Crippen LogP contribution in [0.1, 0.15) is 21.7 Å². The van der Waals surface area contributed by atoms with Gasteiger partial charge in [-0.2, -0.15) is 0 Å². The molecule has 3 aromatic rings. The summed E-state index contributed by atoms with van der Waals surface area (Å²) in [5.41, 5.74) is 1.28. The molecule has 0 fully saturated rings. The Kier molecular flexibility index (Phi) is 5.79. The third kappa shape index (κ3) is 4.87. The van der Waals surface area contributed by atoms with E-state index in [4.69, 9.17) is 0 Å². The minimum absolute atomic E-state index is 0.0904. The van der Waals surface area contributed by atoms with Gasteiger partial charge in [0.05, 0.1) is 4.88 Å². The first-order chi connectivity index (χ1) is 12.1. The Morgan fingerprint density at radius 2 is 1.96 bits per heavy atom. The maximum absolute atomic E-state index is 13.2. The van der Waals surface area contributed by atoms with Crippen LogP contribution in [0.25, 0.3) is 10.1 Å². The molecule has 1 amide bonds. The summed E-state index contributed by atoms with van der Waals surface area (Å²) in [4.78, 5) is 15.1. The number of hydrogen-bond acceptors (Lipinski definition) is 3. The van der Waals surface area contributed by atoms with E-state index >= 15 is 0 Å². The molecule has 25 heavy (non-hydrogen) atoms. The van der Waals surface area contributed by atoms with Crippen LogP contribution >= 0.6 is 11.3 Å². The number of rotatable bonds is 7. The highest BCUT2D eigenvalue weighted by atomic mass is 32.1. The van der Waals surface area contributed by atoms with Crippen molar-refractivity contribution in [2.24, 2.45) is 0 Å². The minimum atomic E-state index is -0.279. The van der Waals surface area contributed by atoms with Gasteiger partial charge >= 0.3 is 0 Å². The van der Waals surface area contributed by atoms with Crippen molar-refractivity contribution in [2.75, 3.05) is 20.1 Å². The molecule has 0 atom stereocenters. The van der Waals surface area contributed by atoms with Crippen LogP contribution in [0.4, 0.5) is 4.39 Å². The fraction of sp³-hybridized carbons (Fsp3) is 0.250. The van der Waals surface area contributed by atoms with Crippen molar-refractivity contribution in [2.45, 2.75) is 13.0 Å². The molecule has 0 spiro atoms. The molecule has 0 aliphatic heterocycles. The van der Waals surface area contributed by atoms with Crippen molar-refractivity contribution < 1.29 is 9.18 Å². The Labute approximate surface area is 151 Å². The van der Waals surface area contributed by atoms with E-state index < -0.39 is 0 Å². The van der Waals surface area contributed by atoms with Crippen molar-refractivity contribution in [3.05, 3.63) is 70.9 Å². The standard InChI is InChI=1S/C20H21FN2OS/c1-23(14-15-6-3-2-4-7-15)11-5-10-22-20(24)19-13-16-12-17(21)8-9-18(16)25-19/h2-4,6-9,12-13H,5,10-11,14H2,1H3,(H,22,24). The molecule has 1 heterocycles. The highest BCUT2D eigenvalue weighted by Crippen LogP contribution is 2.26. The average molecular weight is 356 g/mol. The maximum atomic E-state index is 13.2. The van der Waals surface area contributed by atoms with Gasteiger partial charge in [0, 0.05) is 17.8 Å². The first-order valence-electron chi connectivity index (χ1n) is 8.31. The molecule has 1 N–H and O–H groups in total. The number of benzene rings is 2. The van der Waals surface area contributed by atoms with E-state index in [2.05, 4.69) is 29.4 Å². The quantitative estimate of drug-likeness (QED) is 0.641. The molecule has 1 aromatic heterocycles. The van der Waals surface area contributed by atoms with Gasteiger partial charge in [-0.15, -0.1) is 11.3 Å². The van der Waals surface area contributed by atoms with Gasteiger partial charge in [0.25, 0.3) is 5.91 Å². The van der Waals surface area contributed by atoms with E-state index in [-0.39, 0.29) is 11.7 Å². The second-order valence-electron chi connectivity index (χ2n) is 6.13. The van der Waals surface area contributed by atoms with Gasteiger partial charge in [0.15, 0.2) is 0 Å². The molecule has 0 aliphatic carbocycles. The molecule has 0 saturated heterocycles. The first kappa shape index (κ1) is 17.6. The fourth-order valence-electron chi connectivity index (χ4n) is 2.74. The summed E-state index contributed by atoms with van der Waals surface area (Å²) in [5.74, 6) is -0.369. The number of fused-ring (bicyclic) bond motifs is 1. The van der Waals surface area contributed by atoms with Crippen LogP contribution in [0.2, 0.25) is 0 Å². The van der Waals surface area contributed by atoms with Gasteiger partial charge in [-0.05, 0) is 55.2 Å². The Morgan fingerprint density at radius 3 is 2.76 bits per heavy atom. The van der Waals surface area contributed by atoms with Crippen LogP contribution in [-0.2, 0) is 6.54 Å². The molecular weight excluding hydrogens is 335 g/mol. The van der Waals surface area contributed by atoms with Crippen LogP contribution in [0.15, 0.2) is 54.6 Å². The average Bonchev–Trinajstić information content (AvgIpc) is 3.02. The summed E-state index contributed by atoms with van der Waals surface area (Å²) in [7, 11) is 2.08. The topological polar surface area (TPSA) is 32.3 Å². The van der Waals surface area contributed by atoms with Gasteiger partial charge in [0.1, 0.15) is 5.82 Å². The Morgan fingerprint density at radius 1 is 1.16 bits per heavy atom. The summed E-state index contributed by atoms with van der Waals surface area (Å²) in [6.45, 7) is 2.43. The fourth-order valence-corrected chi connectivity index (χ4v) is 3.70. The molecule has 0 aliphatic rings. The molecule has 5 heteroatoms. The maximum Gasteiger partial charge on any atom is 0.261 e. The summed E-state index contributed by atoms with van der Waals surface area (Å²) in [5, 5.41) is 3.72. The van der Waals surface area contributed by atoms with E-state index in [1.807, 2.05) is 18.2 Å². The van der Waals surface area contributed by atoms with Gasteiger partial charge < -0.3 is 10.2 Å². The van der Waals surface area contributed by atoms with Crippen LogP contribution in [0, 0.1) is 5.82 Å². The minimum Gasteiger partial charge on any atom is -0.351 e. The molecule has 2 aromatic carbocycles. The number of hydrogen-bond donors (Lipinski definition) is 1. The van der Waals surface area contributed by atoms with Crippen molar-refractivity contribution in [1.29, 1.82) is 0 Å². The van der Waals surface area contributed by atoms with Crippen LogP contribution in [0.3, 0.4) is 0 Å². The molecule has 130 valence electrons. The van der Waals surface area contributed by atoms with E-state index in [0.717, 1.165) is 29.6 Å². The Hall–Kier alpha value is -2.24. The lowest BCUT2D eigenvalue weighted by Gasteiger charge is -2.16. The van der Waals surface area contributed by atoms with Crippen LogP contribution in [0.5, 0.6) is 0 Å². The third-order valence-corrected chi connectivity index (χ3v) is 5.11. The van der Waals surface area contributed by atoms with Crippen molar-refractivity contribution >= 4 is 27.3 Å². The predicted molar refractivity (Wildman–Crippen MR) is 102 cm³/mol. The largest absolute Gasteiger partial charge is 0.351 e. The lowest BCUT2D eigenvalue weighted by Crippen LogP contribution is -2.27. The highest BCUT2D eigenvalue weighted by molar-refractivity contribution is 7.20. The second-order valence-corrected chi connectivity index (χ2v) is 7.21. The van der Waals surface area contributed by atoms with Crippen LogP contribution < -0.4 is 5.32 Å². The van der Waals surface area contributed by atoms with E-state index in [0.29, 0.717) is 11.4 Å². The lowest BCUT2D eigenvalue weighted by molar-refractivity contribution is 0.0956. The smallest absolute Gasteiger partial charge is 0.261 e. The molecule has 0 saturated carbocycles. The van der Waals surface area contributed by atoms with Crippen LogP contribution in [-0.4, -0.2) is 30.9 Å². The molecule has 0 radical (unpaired) electrons. The number of halogens is 1. The molecular formula is C20H21FN2OS. The van der Waals surface area contributed by atoms with Gasteiger partial charge in [-0.25, -0.2) is 4.39 Å². The highest BCUT2D eigenvalue weighted by Gasteiger charge is 2.10. The van der Waals surface area contributed by atoms with Gasteiger partial charge in [-0.1, -0.05) is 30.3 Å². The van der Waals surface area contributed by atoms with Crippen molar-refractivity contribution in [3.8, 4) is 0 Å². The SMILES string of the molecule is CN(CCCNC(=O)c1cc2cc(F)ccc2s1)Cc1ccccc1. The Bertz CT molecular complexity index is 847. The monoisotopic (exact) mass is 356 g/mol. The summed E-state index contributed by atoms with van der Waals surface area (Å²) >= 11 is 1.39. The molecule has 0 unspecified atom stereocenters. The molecule has 3 rings (SSSR count). The number of thiophene rings is 1. The van der Waals surface area contributed by atoms with E-state index in [1.165, 1.54) is 29.0 Å². The molecule has 0 bridgehead atoms. The van der Waals surface area contributed by atoms with Gasteiger partial charge in [-0.3, -0.25) is 4.79 Å². The number of carbonyl (C=O) groups excluding carboxylic acids is 1. The lowest BCUT2D eigenvalue weighted by atomic mass is 10.2. The number of amides is 1. The summed E-state index contributed by atoms with van der Waals surface area (Å²) in [6, 6.07) is 16.7. The summed E-state index contributed by atoms with van der Waals surface area (Å²) < 4.78 is 14.2. The van der Waals surface area contributed by atoms with Crippen molar-refractivity contribution in [3.63, 3.8) is 0 Å². The Balaban J connectivity index is 1.44.